The number of unbranched alkanes of at least 4 members (excludes halogenated alkanes) is 26. The Morgan fingerprint density at radius 1 is 0.614 bits per heavy atom. The van der Waals surface area contributed by atoms with Crippen LogP contribution in [-0.2, 0) is 19.1 Å². The van der Waals surface area contributed by atoms with Crippen molar-refractivity contribution in [2.24, 2.45) is 0 Å². The molecule has 1 aliphatic heterocycles. The van der Waals surface area contributed by atoms with Crippen molar-refractivity contribution in [2.45, 2.75) is 255 Å². The normalized spacial score (nSPS) is 21.4. The van der Waals surface area contributed by atoms with E-state index < -0.39 is 62.2 Å². The van der Waals surface area contributed by atoms with Gasteiger partial charge in [0.15, 0.2) is 12.1 Å². The molecule has 0 aromatic carbocycles. The third kappa shape index (κ3) is 27.3. The van der Waals surface area contributed by atoms with Crippen molar-refractivity contribution in [3.8, 4) is 0 Å². The zero-order chi connectivity index (χ0) is 41.9. The maximum absolute atomic E-state index is 13.0. The van der Waals surface area contributed by atoms with Gasteiger partial charge in [-0.25, -0.2) is 4.39 Å². The van der Waals surface area contributed by atoms with Crippen LogP contribution < -0.4 is 5.32 Å². The molecule has 0 spiro atoms. The Labute approximate surface area is 345 Å². The smallest absolute Gasteiger partial charge is 0.220 e. The van der Waals surface area contributed by atoms with Gasteiger partial charge in [0, 0.05) is 12.8 Å². The summed E-state index contributed by atoms with van der Waals surface area (Å²) in [7, 11) is 0. The minimum atomic E-state index is -1.62. The number of carbonyl (C=O) groups is 2. The molecule has 1 aliphatic rings. The lowest BCUT2D eigenvalue weighted by Crippen LogP contribution is -2.60. The summed E-state index contributed by atoms with van der Waals surface area (Å²) in [4.78, 5) is 24.0. The van der Waals surface area contributed by atoms with E-state index in [1.54, 1.807) is 0 Å². The van der Waals surface area contributed by atoms with Gasteiger partial charge in [-0.2, -0.15) is 0 Å². The van der Waals surface area contributed by atoms with Gasteiger partial charge in [0.2, 0.25) is 5.91 Å². The molecule has 1 heterocycles. The highest BCUT2D eigenvalue weighted by Crippen LogP contribution is 2.23. The zero-order valence-corrected chi connectivity index (χ0v) is 35.9. The standard InChI is InChI=1S/C45H86FNO10/c1-2-3-4-5-6-7-8-16-19-22-25-28-31-38(50)41(52)37(35-56-45-44(55)43(54)42(53)39(34-48)57-45)47-40(51)32-29-26-23-20-17-14-12-10-9-11-13-15-18-21-24-27-30-36(49)33-46/h37-39,41-45,48,50,52-55H,2-35H2,1H3,(H,47,51)/t37-,38+,39+,41-,42-,43-,44+,45-/m0/s1. The summed E-state index contributed by atoms with van der Waals surface area (Å²) in [6, 6.07) is -1.01. The van der Waals surface area contributed by atoms with Crippen LogP contribution in [0.3, 0.4) is 0 Å². The van der Waals surface area contributed by atoms with Crippen LogP contribution in [0.4, 0.5) is 4.39 Å². The number of nitrogens with one attached hydrogen (secondary N) is 1. The van der Waals surface area contributed by atoms with Crippen LogP contribution in [0.25, 0.3) is 0 Å². The van der Waals surface area contributed by atoms with Crippen molar-refractivity contribution < 1.29 is 54.1 Å². The second-order valence-corrected chi connectivity index (χ2v) is 16.8. The molecule has 0 aliphatic carbocycles. The Morgan fingerprint density at radius 2 is 1.04 bits per heavy atom. The molecule has 1 fully saturated rings. The number of hydrogen-bond acceptors (Lipinski definition) is 10. The number of Topliss-reactive ketones (excluding diaryl/α,β-unsaturated/α-hetero) is 1. The van der Waals surface area contributed by atoms with E-state index in [4.69, 9.17) is 9.47 Å². The first-order valence-electron chi connectivity index (χ1n) is 23.3. The molecule has 11 nitrogen and oxygen atoms in total. The van der Waals surface area contributed by atoms with Crippen molar-refractivity contribution in [1.29, 1.82) is 0 Å². The van der Waals surface area contributed by atoms with Crippen molar-refractivity contribution in [3.05, 3.63) is 0 Å². The summed E-state index contributed by atoms with van der Waals surface area (Å²) >= 11 is 0. The Morgan fingerprint density at radius 3 is 1.47 bits per heavy atom. The second-order valence-electron chi connectivity index (χ2n) is 16.8. The number of hydrogen-bond donors (Lipinski definition) is 7. The van der Waals surface area contributed by atoms with Gasteiger partial charge in [0.1, 0.15) is 37.2 Å². The number of aliphatic hydroxyl groups excluding tert-OH is 6. The number of ether oxygens (including phenoxy) is 2. The van der Waals surface area contributed by atoms with Crippen LogP contribution in [0.15, 0.2) is 0 Å². The molecule has 12 heteroatoms. The first-order valence-corrected chi connectivity index (χ1v) is 23.3. The Balaban J connectivity index is 2.33. The average molecular weight is 820 g/mol. The molecule has 57 heavy (non-hydrogen) atoms. The largest absolute Gasteiger partial charge is 0.394 e. The molecule has 0 bridgehead atoms. The van der Waals surface area contributed by atoms with Crippen molar-refractivity contribution in [2.75, 3.05) is 19.9 Å². The maximum Gasteiger partial charge on any atom is 0.220 e. The SMILES string of the molecule is CCCCCCCCCCCCCC[C@@H](O)[C@@H](O)[C@H](CO[C@H]1O[C@H](CO)[C@H](O)[C@H](O)[C@H]1O)NC(=O)CCCCCCCCCCCCCCCCCCC(=O)CF. The Hall–Kier alpha value is -1.25. The molecule has 0 radical (unpaired) electrons. The number of carbonyl (C=O) groups excluding carboxylic acids is 2. The van der Waals surface area contributed by atoms with Gasteiger partial charge in [0.25, 0.3) is 0 Å². The fourth-order valence-electron chi connectivity index (χ4n) is 7.69. The summed E-state index contributed by atoms with van der Waals surface area (Å²) in [5.74, 6) is -0.558. The van der Waals surface area contributed by atoms with Crippen molar-refractivity contribution in [1.82, 2.24) is 5.32 Å². The van der Waals surface area contributed by atoms with Gasteiger partial charge >= 0.3 is 0 Å². The van der Waals surface area contributed by atoms with Gasteiger partial charge in [-0.05, 0) is 19.3 Å². The third-order valence-corrected chi connectivity index (χ3v) is 11.6. The maximum atomic E-state index is 13.0. The second kappa shape index (κ2) is 36.6. The highest BCUT2D eigenvalue weighted by Gasteiger charge is 2.44. The molecule has 1 amide bonds. The van der Waals surface area contributed by atoms with E-state index in [0.717, 1.165) is 64.2 Å². The summed E-state index contributed by atoms with van der Waals surface area (Å²) in [6.45, 7) is 0.474. The first kappa shape index (κ1) is 53.8. The van der Waals surface area contributed by atoms with Gasteiger partial charge in [-0.3, -0.25) is 9.59 Å². The minimum absolute atomic E-state index is 0.261. The van der Waals surface area contributed by atoms with Crippen LogP contribution >= 0.6 is 0 Å². The van der Waals surface area contributed by atoms with Gasteiger partial charge < -0.3 is 45.4 Å². The molecule has 0 saturated carbocycles. The molecule has 7 N–H and O–H groups in total. The molecule has 1 rings (SSSR count). The lowest BCUT2D eigenvalue weighted by Gasteiger charge is -2.40. The molecule has 0 unspecified atom stereocenters. The fourth-order valence-corrected chi connectivity index (χ4v) is 7.69. The van der Waals surface area contributed by atoms with E-state index in [0.29, 0.717) is 19.3 Å². The zero-order valence-electron chi connectivity index (χ0n) is 35.9. The molecule has 1 saturated heterocycles. The van der Waals surface area contributed by atoms with E-state index >= 15 is 0 Å². The fraction of sp³-hybridized carbons (Fsp3) is 0.956. The molecular formula is C45H86FNO10. The molecule has 8 atom stereocenters. The van der Waals surface area contributed by atoms with Crippen LogP contribution in [0.1, 0.15) is 206 Å². The van der Waals surface area contributed by atoms with Crippen LogP contribution in [-0.4, -0.2) is 111 Å². The lowest BCUT2D eigenvalue weighted by atomic mass is 9.98. The average Bonchev–Trinajstić information content (AvgIpc) is 3.21. The van der Waals surface area contributed by atoms with Gasteiger partial charge in [0.05, 0.1) is 25.4 Å². The summed E-state index contributed by atoms with van der Waals surface area (Å²) in [5, 5.41) is 65.1. The Kier molecular flexibility index (Phi) is 34.5. The third-order valence-electron chi connectivity index (χ3n) is 11.6. The number of amides is 1. The monoisotopic (exact) mass is 820 g/mol. The van der Waals surface area contributed by atoms with Gasteiger partial charge in [-0.15, -0.1) is 0 Å². The predicted molar refractivity (Wildman–Crippen MR) is 223 cm³/mol. The van der Waals surface area contributed by atoms with Crippen LogP contribution in [0, 0.1) is 0 Å². The highest BCUT2D eigenvalue weighted by atomic mass is 19.1. The number of rotatable bonds is 40. The molecule has 338 valence electrons. The summed E-state index contributed by atoms with van der Waals surface area (Å²) < 4.78 is 23.3. The van der Waals surface area contributed by atoms with Crippen LogP contribution in [0.5, 0.6) is 0 Å². The minimum Gasteiger partial charge on any atom is -0.394 e. The number of halogens is 1. The number of alkyl halides is 1. The molecule has 0 aromatic heterocycles. The molecule has 0 aromatic rings. The Bertz CT molecular complexity index is 946. The lowest BCUT2D eigenvalue weighted by molar-refractivity contribution is -0.303. The van der Waals surface area contributed by atoms with E-state index in [-0.39, 0.29) is 24.7 Å². The van der Waals surface area contributed by atoms with Gasteiger partial charge in [-0.1, -0.05) is 174 Å². The van der Waals surface area contributed by atoms with E-state index in [1.165, 1.54) is 109 Å². The number of aliphatic hydroxyl groups is 6. The first-order chi connectivity index (χ1) is 27.7. The predicted octanol–water partition coefficient (Wildman–Crippen LogP) is 7.66. The van der Waals surface area contributed by atoms with E-state index in [1.807, 2.05) is 0 Å². The van der Waals surface area contributed by atoms with Crippen molar-refractivity contribution in [3.63, 3.8) is 0 Å². The quantitative estimate of drug-likeness (QED) is 0.0303. The van der Waals surface area contributed by atoms with Crippen molar-refractivity contribution >= 4 is 11.7 Å². The van der Waals surface area contributed by atoms with E-state index in [2.05, 4.69) is 12.2 Å². The van der Waals surface area contributed by atoms with E-state index in [9.17, 15) is 44.6 Å². The molecular weight excluding hydrogens is 733 g/mol. The highest BCUT2D eigenvalue weighted by molar-refractivity contribution is 5.79. The topological polar surface area (TPSA) is 186 Å². The summed E-state index contributed by atoms with van der Waals surface area (Å²) in [5.41, 5.74) is 0. The number of ketones is 1. The van der Waals surface area contributed by atoms with Crippen LogP contribution in [0.2, 0.25) is 0 Å². The summed E-state index contributed by atoms with van der Waals surface area (Å²) in [6.07, 6.45) is 23.3.